The van der Waals surface area contributed by atoms with Crippen molar-refractivity contribution in [1.29, 1.82) is 0 Å². The van der Waals surface area contributed by atoms with Gasteiger partial charge in [0.1, 0.15) is 5.56 Å². The van der Waals surface area contributed by atoms with E-state index >= 15 is 0 Å². The van der Waals surface area contributed by atoms with E-state index in [2.05, 4.69) is 6.92 Å². The highest BCUT2D eigenvalue weighted by atomic mass is 16.2. The van der Waals surface area contributed by atoms with Crippen LogP contribution in [-0.2, 0) is 6.54 Å². The Morgan fingerprint density at radius 2 is 2.17 bits per heavy atom. The average molecular weight is 313 g/mol. The number of likely N-dealkylation sites (tertiary alicyclic amines) is 1. The van der Waals surface area contributed by atoms with Crippen molar-refractivity contribution < 1.29 is 4.79 Å². The molecule has 23 heavy (non-hydrogen) atoms. The summed E-state index contributed by atoms with van der Waals surface area (Å²) in [7, 11) is 0. The Labute approximate surface area is 135 Å². The minimum Gasteiger partial charge on any atom is -0.398 e. The molecule has 1 amide bonds. The molecule has 0 aliphatic carbocycles. The van der Waals surface area contributed by atoms with E-state index in [0.29, 0.717) is 30.1 Å². The lowest BCUT2D eigenvalue weighted by Gasteiger charge is -2.31. The fourth-order valence-corrected chi connectivity index (χ4v) is 3.42. The molecule has 2 N–H and O–H groups in total. The molecule has 122 valence electrons. The molecule has 0 spiro atoms. The Morgan fingerprint density at radius 1 is 1.39 bits per heavy atom. The number of aromatic nitrogens is 1. The molecule has 1 aromatic carbocycles. The van der Waals surface area contributed by atoms with Gasteiger partial charge >= 0.3 is 0 Å². The van der Waals surface area contributed by atoms with Crippen molar-refractivity contribution in [3.05, 3.63) is 40.2 Å². The summed E-state index contributed by atoms with van der Waals surface area (Å²) in [6.07, 6.45) is 3.81. The first kappa shape index (κ1) is 15.6. The van der Waals surface area contributed by atoms with Crippen molar-refractivity contribution in [2.75, 3.05) is 18.8 Å². The molecule has 1 saturated heterocycles. The van der Waals surface area contributed by atoms with Crippen LogP contribution in [0.15, 0.2) is 29.2 Å². The molecule has 5 heteroatoms. The lowest BCUT2D eigenvalue weighted by molar-refractivity contribution is 0.0681. The molecule has 1 aliphatic heterocycles. The van der Waals surface area contributed by atoms with Crippen LogP contribution >= 0.6 is 0 Å². The highest BCUT2D eigenvalue weighted by Gasteiger charge is 2.25. The third kappa shape index (κ3) is 2.71. The zero-order chi connectivity index (χ0) is 16.6. The lowest BCUT2D eigenvalue weighted by Crippen LogP contribution is -2.41. The van der Waals surface area contributed by atoms with E-state index in [4.69, 9.17) is 5.73 Å². The van der Waals surface area contributed by atoms with E-state index in [1.807, 2.05) is 23.6 Å². The summed E-state index contributed by atoms with van der Waals surface area (Å²) < 4.78 is 1.92. The number of carbonyl (C=O) groups excluding carboxylic acids is 1. The maximum Gasteiger partial charge on any atom is 0.259 e. The van der Waals surface area contributed by atoms with Crippen LogP contribution in [0.25, 0.3) is 10.9 Å². The first-order valence-corrected chi connectivity index (χ1v) is 8.23. The zero-order valence-electron chi connectivity index (χ0n) is 13.7. The van der Waals surface area contributed by atoms with Crippen molar-refractivity contribution in [1.82, 2.24) is 9.47 Å². The van der Waals surface area contributed by atoms with Crippen LogP contribution in [0.3, 0.4) is 0 Å². The number of hydrogen-bond acceptors (Lipinski definition) is 3. The summed E-state index contributed by atoms with van der Waals surface area (Å²) in [5, 5.41) is 0.449. The van der Waals surface area contributed by atoms with Gasteiger partial charge in [0.15, 0.2) is 0 Å². The summed E-state index contributed by atoms with van der Waals surface area (Å²) in [6, 6.07) is 5.41. The van der Waals surface area contributed by atoms with Gasteiger partial charge in [-0.15, -0.1) is 0 Å². The summed E-state index contributed by atoms with van der Waals surface area (Å²) in [6.45, 7) is 6.24. The van der Waals surface area contributed by atoms with Crippen molar-refractivity contribution >= 4 is 22.5 Å². The highest BCUT2D eigenvalue weighted by molar-refractivity contribution is 6.00. The molecule has 2 aromatic rings. The van der Waals surface area contributed by atoms with E-state index < -0.39 is 0 Å². The van der Waals surface area contributed by atoms with Crippen LogP contribution < -0.4 is 11.2 Å². The van der Waals surface area contributed by atoms with Gasteiger partial charge in [-0.3, -0.25) is 9.59 Å². The topological polar surface area (TPSA) is 68.3 Å². The van der Waals surface area contributed by atoms with Crippen LogP contribution in [0, 0.1) is 5.92 Å². The van der Waals surface area contributed by atoms with E-state index in [1.165, 1.54) is 0 Å². The standard InChI is InChI=1S/C18H23N3O2/c1-3-20-11-13(18(23)21-9-5-6-12(2)10-21)17(22)16-14(19)7-4-8-15(16)20/h4,7-8,11-12H,3,5-6,9-10,19H2,1-2H3. The van der Waals surface area contributed by atoms with Crippen molar-refractivity contribution in [3.8, 4) is 0 Å². The first-order valence-electron chi connectivity index (χ1n) is 8.23. The van der Waals surface area contributed by atoms with E-state index in [1.54, 1.807) is 17.2 Å². The number of piperidine rings is 1. The van der Waals surface area contributed by atoms with Crippen LogP contribution in [-0.4, -0.2) is 28.5 Å². The van der Waals surface area contributed by atoms with Gasteiger partial charge in [0.2, 0.25) is 5.43 Å². The predicted octanol–water partition coefficient (Wildman–Crippen LogP) is 2.48. The Bertz CT molecular complexity index is 810. The molecule has 1 fully saturated rings. The van der Waals surface area contributed by atoms with Crippen molar-refractivity contribution in [2.45, 2.75) is 33.2 Å². The van der Waals surface area contributed by atoms with Gasteiger partial charge in [-0.1, -0.05) is 13.0 Å². The second-order valence-corrected chi connectivity index (χ2v) is 6.40. The molecule has 1 aliphatic rings. The minimum absolute atomic E-state index is 0.172. The molecule has 0 radical (unpaired) electrons. The monoisotopic (exact) mass is 313 g/mol. The number of rotatable bonds is 2. The molecule has 1 atom stereocenters. The second-order valence-electron chi connectivity index (χ2n) is 6.40. The molecule has 1 aromatic heterocycles. The Morgan fingerprint density at radius 3 is 2.87 bits per heavy atom. The van der Waals surface area contributed by atoms with E-state index in [-0.39, 0.29) is 16.9 Å². The second kappa shape index (κ2) is 6.07. The molecular weight excluding hydrogens is 290 g/mol. The molecule has 0 saturated carbocycles. The van der Waals surface area contributed by atoms with Gasteiger partial charge in [-0.25, -0.2) is 0 Å². The summed E-state index contributed by atoms with van der Waals surface area (Å²) in [5.41, 5.74) is 7.19. The molecule has 0 bridgehead atoms. The molecule has 5 nitrogen and oxygen atoms in total. The number of carbonyl (C=O) groups is 1. The Balaban J connectivity index is 2.14. The highest BCUT2D eigenvalue weighted by Crippen LogP contribution is 2.21. The average Bonchev–Trinajstić information content (AvgIpc) is 2.54. The number of benzene rings is 1. The Hall–Kier alpha value is -2.30. The fraction of sp³-hybridized carbons (Fsp3) is 0.444. The molecule has 3 rings (SSSR count). The van der Waals surface area contributed by atoms with Crippen LogP contribution in [0.1, 0.15) is 37.0 Å². The van der Waals surface area contributed by atoms with Gasteiger partial charge in [0, 0.05) is 31.5 Å². The van der Waals surface area contributed by atoms with E-state index in [9.17, 15) is 9.59 Å². The summed E-state index contributed by atoms with van der Waals surface area (Å²) >= 11 is 0. The molecule has 1 unspecified atom stereocenters. The zero-order valence-corrected chi connectivity index (χ0v) is 13.7. The fourth-order valence-electron chi connectivity index (χ4n) is 3.42. The summed E-state index contributed by atoms with van der Waals surface area (Å²) in [5.74, 6) is 0.306. The van der Waals surface area contributed by atoms with Crippen LogP contribution in [0.5, 0.6) is 0 Å². The van der Waals surface area contributed by atoms with Crippen LogP contribution in [0.4, 0.5) is 5.69 Å². The van der Waals surface area contributed by atoms with E-state index in [0.717, 1.165) is 24.9 Å². The molecular formula is C18H23N3O2. The number of nitrogens with two attached hydrogens (primary N) is 1. The number of hydrogen-bond donors (Lipinski definition) is 1. The quantitative estimate of drug-likeness (QED) is 0.866. The van der Waals surface area contributed by atoms with Crippen molar-refractivity contribution in [2.24, 2.45) is 5.92 Å². The lowest BCUT2D eigenvalue weighted by atomic mass is 9.99. The van der Waals surface area contributed by atoms with Crippen molar-refractivity contribution in [3.63, 3.8) is 0 Å². The number of aryl methyl sites for hydroxylation is 1. The maximum atomic E-state index is 12.9. The molecule has 2 heterocycles. The maximum absolute atomic E-state index is 12.9. The Kier molecular flexibility index (Phi) is 4.11. The number of pyridine rings is 1. The summed E-state index contributed by atoms with van der Waals surface area (Å²) in [4.78, 5) is 27.5. The number of nitrogens with zero attached hydrogens (tertiary/aromatic N) is 2. The minimum atomic E-state index is -0.258. The number of amides is 1. The number of fused-ring (bicyclic) bond motifs is 1. The first-order chi connectivity index (χ1) is 11.0. The van der Waals surface area contributed by atoms with Gasteiger partial charge in [-0.05, 0) is 37.8 Å². The van der Waals surface area contributed by atoms with Gasteiger partial charge in [0.05, 0.1) is 10.9 Å². The third-order valence-corrected chi connectivity index (χ3v) is 4.66. The number of nitrogen functional groups attached to an aromatic ring is 1. The van der Waals surface area contributed by atoms with Crippen LogP contribution in [0.2, 0.25) is 0 Å². The van der Waals surface area contributed by atoms with Gasteiger partial charge in [0.25, 0.3) is 5.91 Å². The third-order valence-electron chi connectivity index (χ3n) is 4.66. The number of anilines is 1. The predicted molar refractivity (Wildman–Crippen MR) is 92.6 cm³/mol. The SMILES string of the molecule is CCn1cc(C(=O)N2CCCC(C)C2)c(=O)c2c(N)cccc21. The van der Waals surface area contributed by atoms with Gasteiger partial charge < -0.3 is 15.2 Å². The smallest absolute Gasteiger partial charge is 0.259 e. The normalized spacial score (nSPS) is 18.3. The largest absolute Gasteiger partial charge is 0.398 e. The van der Waals surface area contributed by atoms with Gasteiger partial charge in [-0.2, -0.15) is 0 Å².